The van der Waals surface area contributed by atoms with Crippen LogP contribution >= 0.6 is 0 Å². The molecule has 1 aromatic rings. The molecule has 2 saturated heterocycles. The number of likely N-dealkylation sites (tertiary alicyclic amines) is 1. The summed E-state index contributed by atoms with van der Waals surface area (Å²) >= 11 is 0. The standard InChI is InChI=1S/C24H36N2O5S/c1-16-6-10-25(11-7-16)23(27)20(5)31-24(28)21-8-12-26(13-9-21)32(29,30)22-18(3)14-17(2)15-19(22)4/h14-16,20-21H,6-13H2,1-5H3/t20-/m1/s1. The molecule has 0 bridgehead atoms. The predicted octanol–water partition coefficient (Wildman–Crippen LogP) is 3.20. The first-order valence-electron chi connectivity index (χ1n) is 11.6. The van der Waals surface area contributed by atoms with Gasteiger partial charge >= 0.3 is 5.97 Å². The van der Waals surface area contributed by atoms with E-state index in [-0.39, 0.29) is 19.0 Å². The molecule has 3 rings (SSSR count). The zero-order chi connectivity index (χ0) is 23.6. The molecule has 0 saturated carbocycles. The highest BCUT2D eigenvalue weighted by molar-refractivity contribution is 7.89. The maximum Gasteiger partial charge on any atom is 0.309 e. The van der Waals surface area contributed by atoms with E-state index in [1.807, 2.05) is 32.9 Å². The number of piperidine rings is 2. The number of carbonyl (C=O) groups is 2. The van der Waals surface area contributed by atoms with Gasteiger partial charge in [0.15, 0.2) is 6.10 Å². The summed E-state index contributed by atoms with van der Waals surface area (Å²) in [5.41, 5.74) is 2.51. The lowest BCUT2D eigenvalue weighted by atomic mass is 9.98. The number of rotatable bonds is 5. The molecular formula is C24H36N2O5S. The second kappa shape index (κ2) is 9.91. The Labute approximate surface area is 192 Å². The van der Waals surface area contributed by atoms with E-state index in [0.717, 1.165) is 29.5 Å². The number of esters is 1. The first-order valence-corrected chi connectivity index (χ1v) is 13.0. The summed E-state index contributed by atoms with van der Waals surface area (Å²) in [5.74, 6) is -0.323. The number of sulfonamides is 1. The quantitative estimate of drug-likeness (QED) is 0.625. The third-order valence-electron chi connectivity index (χ3n) is 6.73. The number of benzene rings is 1. The summed E-state index contributed by atoms with van der Waals surface area (Å²) in [6, 6.07) is 3.76. The Morgan fingerprint density at radius 1 is 0.969 bits per heavy atom. The zero-order valence-corrected chi connectivity index (χ0v) is 20.7. The van der Waals surface area contributed by atoms with Crippen LogP contribution in [-0.4, -0.2) is 61.8 Å². The minimum absolute atomic E-state index is 0.143. The molecule has 32 heavy (non-hydrogen) atoms. The number of carbonyl (C=O) groups excluding carboxylic acids is 2. The van der Waals surface area contributed by atoms with Crippen molar-refractivity contribution in [1.82, 2.24) is 9.21 Å². The van der Waals surface area contributed by atoms with Gasteiger partial charge in [-0.2, -0.15) is 4.31 Å². The molecule has 8 heteroatoms. The van der Waals surface area contributed by atoms with Crippen molar-refractivity contribution in [2.24, 2.45) is 11.8 Å². The second-order valence-corrected chi connectivity index (χ2v) is 11.4. The Balaban J connectivity index is 1.57. The lowest BCUT2D eigenvalue weighted by Gasteiger charge is -2.33. The molecule has 2 aliphatic heterocycles. The average Bonchev–Trinajstić information content (AvgIpc) is 2.72. The van der Waals surface area contributed by atoms with Gasteiger partial charge in [0.1, 0.15) is 0 Å². The maximum atomic E-state index is 13.2. The molecule has 1 amide bonds. The van der Waals surface area contributed by atoms with Crippen molar-refractivity contribution in [3.63, 3.8) is 0 Å². The Hall–Kier alpha value is -1.93. The fourth-order valence-electron chi connectivity index (χ4n) is 4.84. The van der Waals surface area contributed by atoms with E-state index >= 15 is 0 Å². The van der Waals surface area contributed by atoms with E-state index in [1.54, 1.807) is 11.8 Å². The summed E-state index contributed by atoms with van der Waals surface area (Å²) in [7, 11) is -3.62. The highest BCUT2D eigenvalue weighted by Crippen LogP contribution is 2.29. The molecular weight excluding hydrogens is 428 g/mol. The van der Waals surface area contributed by atoms with Gasteiger partial charge in [0.25, 0.3) is 5.91 Å². The molecule has 2 heterocycles. The number of amides is 1. The van der Waals surface area contributed by atoms with Crippen LogP contribution in [0, 0.1) is 32.6 Å². The van der Waals surface area contributed by atoms with E-state index in [1.165, 1.54) is 4.31 Å². The number of ether oxygens (including phenoxy) is 1. The van der Waals surface area contributed by atoms with Crippen molar-refractivity contribution in [3.8, 4) is 0 Å². The molecule has 1 aromatic carbocycles. The van der Waals surface area contributed by atoms with Gasteiger partial charge in [-0.1, -0.05) is 24.6 Å². The van der Waals surface area contributed by atoms with Gasteiger partial charge in [-0.05, 0) is 70.4 Å². The highest BCUT2D eigenvalue weighted by Gasteiger charge is 2.36. The molecule has 0 aliphatic carbocycles. The number of nitrogens with zero attached hydrogens (tertiary/aromatic N) is 2. The van der Waals surface area contributed by atoms with Crippen molar-refractivity contribution in [3.05, 3.63) is 28.8 Å². The first kappa shape index (κ1) is 24.7. The topological polar surface area (TPSA) is 84.0 Å². The number of hydrogen-bond acceptors (Lipinski definition) is 5. The van der Waals surface area contributed by atoms with Crippen molar-refractivity contribution >= 4 is 21.9 Å². The smallest absolute Gasteiger partial charge is 0.309 e. The fraction of sp³-hybridized carbons (Fsp3) is 0.667. The fourth-order valence-corrected chi connectivity index (χ4v) is 6.72. The van der Waals surface area contributed by atoms with Crippen LogP contribution in [0.2, 0.25) is 0 Å². The summed E-state index contributed by atoms with van der Waals surface area (Å²) in [6.07, 6.45) is 1.92. The second-order valence-electron chi connectivity index (χ2n) is 9.49. The minimum Gasteiger partial charge on any atom is -0.452 e. The average molecular weight is 465 g/mol. The monoisotopic (exact) mass is 464 g/mol. The van der Waals surface area contributed by atoms with Crippen LogP contribution in [0.4, 0.5) is 0 Å². The molecule has 7 nitrogen and oxygen atoms in total. The SMILES string of the molecule is Cc1cc(C)c(S(=O)(=O)N2CCC(C(=O)O[C@H](C)C(=O)N3CCC(C)CC3)CC2)c(C)c1. The Morgan fingerprint density at radius 2 is 1.50 bits per heavy atom. The number of hydrogen-bond donors (Lipinski definition) is 0. The molecule has 1 atom stereocenters. The molecule has 0 aromatic heterocycles. The number of aryl methyl sites for hydroxylation is 3. The van der Waals surface area contributed by atoms with Crippen molar-refractivity contribution in [1.29, 1.82) is 0 Å². The van der Waals surface area contributed by atoms with Gasteiger partial charge in [0, 0.05) is 26.2 Å². The van der Waals surface area contributed by atoms with E-state index in [9.17, 15) is 18.0 Å². The van der Waals surface area contributed by atoms with Crippen molar-refractivity contribution in [2.75, 3.05) is 26.2 Å². The molecule has 0 unspecified atom stereocenters. The van der Waals surface area contributed by atoms with Gasteiger partial charge in [0.05, 0.1) is 10.8 Å². The summed E-state index contributed by atoms with van der Waals surface area (Å²) < 4.78 is 33.4. The van der Waals surface area contributed by atoms with E-state index < -0.39 is 28.0 Å². The van der Waals surface area contributed by atoms with Crippen LogP contribution in [0.15, 0.2) is 17.0 Å². The van der Waals surface area contributed by atoms with Gasteiger partial charge < -0.3 is 9.64 Å². The maximum absolute atomic E-state index is 13.2. The minimum atomic E-state index is -3.62. The third kappa shape index (κ3) is 5.34. The van der Waals surface area contributed by atoms with Crippen LogP contribution in [0.3, 0.4) is 0 Å². The van der Waals surface area contributed by atoms with E-state index in [2.05, 4.69) is 6.92 Å². The summed E-state index contributed by atoms with van der Waals surface area (Å²) in [5, 5.41) is 0. The Morgan fingerprint density at radius 3 is 2.03 bits per heavy atom. The molecule has 0 spiro atoms. The first-order chi connectivity index (χ1) is 15.0. The van der Waals surface area contributed by atoms with Crippen LogP contribution in [0.25, 0.3) is 0 Å². The Bertz CT molecular complexity index is 936. The zero-order valence-electron chi connectivity index (χ0n) is 19.9. The molecule has 0 N–H and O–H groups in total. The van der Waals surface area contributed by atoms with Gasteiger partial charge in [-0.25, -0.2) is 8.42 Å². The van der Waals surface area contributed by atoms with Crippen molar-refractivity contribution in [2.45, 2.75) is 71.3 Å². The molecule has 178 valence electrons. The highest BCUT2D eigenvalue weighted by atomic mass is 32.2. The predicted molar refractivity (Wildman–Crippen MR) is 123 cm³/mol. The van der Waals surface area contributed by atoms with E-state index in [4.69, 9.17) is 4.74 Å². The Kier molecular flexibility index (Phi) is 7.65. The van der Waals surface area contributed by atoms with Crippen LogP contribution < -0.4 is 0 Å². The summed E-state index contributed by atoms with van der Waals surface area (Å²) in [6.45, 7) is 11.3. The van der Waals surface area contributed by atoms with Crippen molar-refractivity contribution < 1.29 is 22.7 Å². The van der Waals surface area contributed by atoms with Crippen LogP contribution in [0.1, 0.15) is 56.2 Å². The van der Waals surface area contributed by atoms with Gasteiger partial charge in [-0.3, -0.25) is 9.59 Å². The largest absolute Gasteiger partial charge is 0.452 e. The molecule has 2 aliphatic rings. The lowest BCUT2D eigenvalue weighted by Crippen LogP contribution is -2.45. The van der Waals surface area contributed by atoms with Gasteiger partial charge in [0.2, 0.25) is 10.0 Å². The molecule has 2 fully saturated rings. The molecule has 0 radical (unpaired) electrons. The van der Waals surface area contributed by atoms with Gasteiger partial charge in [-0.15, -0.1) is 0 Å². The normalized spacial score (nSPS) is 20.2. The van der Waals surface area contributed by atoms with E-state index in [0.29, 0.717) is 36.7 Å². The van der Waals surface area contributed by atoms with Crippen LogP contribution in [-0.2, 0) is 24.3 Å². The summed E-state index contributed by atoms with van der Waals surface area (Å²) in [4.78, 5) is 27.4. The third-order valence-corrected chi connectivity index (χ3v) is 8.93. The van der Waals surface area contributed by atoms with Crippen LogP contribution in [0.5, 0.6) is 0 Å². The lowest BCUT2D eigenvalue weighted by molar-refractivity contribution is -0.164.